The van der Waals surface area contributed by atoms with Gasteiger partial charge in [0.05, 0.1) is 0 Å². The average molecular weight is 316 g/mol. The molecule has 1 aromatic carbocycles. The Morgan fingerprint density at radius 2 is 1.81 bits per heavy atom. The molecule has 0 aliphatic carbocycles. The first-order valence-electron chi connectivity index (χ1n) is 5.53. The number of benzene rings is 1. The van der Waals surface area contributed by atoms with E-state index in [1.54, 1.807) is 18.2 Å². The lowest BCUT2D eigenvalue weighted by atomic mass is 10.1. The topological polar surface area (TPSA) is 121 Å². The molecule has 4 N–H and O–H groups in total. The zero-order valence-corrected chi connectivity index (χ0v) is 11.2. The third-order valence-electron chi connectivity index (χ3n) is 2.65. The monoisotopic (exact) mass is 316 g/mol. The standard InChI is InChI=1S/C11H10F2N4O3S/c12-11(13)21(19,20)17-9(14)7(10(15)18)8(16-17)6-4-2-1-3-5-6/h1-5,11H,14H2,(H2,15,18). The molecule has 0 spiro atoms. The van der Waals surface area contributed by atoms with Gasteiger partial charge in [0, 0.05) is 5.56 Å². The quantitative estimate of drug-likeness (QED) is 0.857. The molecule has 0 aliphatic heterocycles. The number of amides is 1. The fraction of sp³-hybridized carbons (Fsp3) is 0.0909. The second-order valence-corrected chi connectivity index (χ2v) is 5.72. The van der Waals surface area contributed by atoms with E-state index in [0.717, 1.165) is 0 Å². The maximum absolute atomic E-state index is 12.6. The van der Waals surface area contributed by atoms with Crippen LogP contribution in [0.4, 0.5) is 14.6 Å². The van der Waals surface area contributed by atoms with E-state index in [0.29, 0.717) is 5.56 Å². The summed E-state index contributed by atoms with van der Waals surface area (Å²) in [5.74, 6) is -5.55. The predicted molar refractivity (Wildman–Crippen MR) is 70.9 cm³/mol. The summed E-state index contributed by atoms with van der Waals surface area (Å²) in [6.45, 7) is 0. The number of anilines is 1. The van der Waals surface area contributed by atoms with Crippen molar-refractivity contribution in [2.45, 2.75) is 5.76 Å². The minimum Gasteiger partial charge on any atom is -0.382 e. The van der Waals surface area contributed by atoms with Crippen LogP contribution >= 0.6 is 0 Å². The van der Waals surface area contributed by atoms with E-state index in [1.807, 2.05) is 0 Å². The van der Waals surface area contributed by atoms with Crippen molar-refractivity contribution in [2.24, 2.45) is 5.73 Å². The fourth-order valence-electron chi connectivity index (χ4n) is 1.72. The molecule has 0 saturated heterocycles. The van der Waals surface area contributed by atoms with Gasteiger partial charge in [-0.1, -0.05) is 30.3 Å². The third kappa shape index (κ3) is 2.44. The van der Waals surface area contributed by atoms with Crippen molar-refractivity contribution in [1.82, 2.24) is 9.19 Å². The molecule has 0 atom stereocenters. The van der Waals surface area contributed by atoms with E-state index >= 15 is 0 Å². The van der Waals surface area contributed by atoms with Crippen LogP contribution in [0.2, 0.25) is 0 Å². The van der Waals surface area contributed by atoms with Crippen LogP contribution in [0.1, 0.15) is 10.4 Å². The molecule has 2 rings (SSSR count). The molecule has 1 heterocycles. The van der Waals surface area contributed by atoms with Crippen LogP contribution in [-0.4, -0.2) is 29.3 Å². The number of aromatic nitrogens is 2. The van der Waals surface area contributed by atoms with Gasteiger partial charge in [0.1, 0.15) is 11.3 Å². The predicted octanol–water partition coefficient (Wildman–Crippen LogP) is 0.632. The molecule has 2 aromatic rings. The first-order valence-corrected chi connectivity index (χ1v) is 7.03. The Morgan fingerprint density at radius 1 is 1.24 bits per heavy atom. The zero-order valence-electron chi connectivity index (χ0n) is 10.4. The van der Waals surface area contributed by atoms with Crippen molar-refractivity contribution in [3.8, 4) is 11.3 Å². The number of hydrogen-bond acceptors (Lipinski definition) is 5. The SMILES string of the molecule is NC(=O)c1c(-c2ccccc2)nn(S(=O)(=O)C(F)F)c1N. The van der Waals surface area contributed by atoms with Crippen molar-refractivity contribution in [3.63, 3.8) is 0 Å². The second kappa shape index (κ2) is 5.13. The van der Waals surface area contributed by atoms with Crippen molar-refractivity contribution in [3.05, 3.63) is 35.9 Å². The van der Waals surface area contributed by atoms with Gasteiger partial charge < -0.3 is 11.5 Å². The maximum atomic E-state index is 12.6. The number of primary amides is 1. The summed E-state index contributed by atoms with van der Waals surface area (Å²) in [7, 11) is -5.11. The summed E-state index contributed by atoms with van der Waals surface area (Å²) in [4.78, 5) is 11.4. The highest BCUT2D eigenvalue weighted by molar-refractivity contribution is 7.90. The van der Waals surface area contributed by atoms with Crippen LogP contribution in [0.25, 0.3) is 11.3 Å². The van der Waals surface area contributed by atoms with E-state index in [-0.39, 0.29) is 9.78 Å². The normalized spacial score (nSPS) is 11.8. The molecule has 0 aliphatic rings. The van der Waals surface area contributed by atoms with Crippen LogP contribution in [0.5, 0.6) is 0 Å². The number of carbonyl (C=O) groups is 1. The van der Waals surface area contributed by atoms with E-state index in [4.69, 9.17) is 11.5 Å². The van der Waals surface area contributed by atoms with Crippen molar-refractivity contribution in [1.29, 1.82) is 0 Å². The Morgan fingerprint density at radius 3 is 2.29 bits per heavy atom. The number of carbonyl (C=O) groups excluding carboxylic acids is 1. The van der Waals surface area contributed by atoms with Crippen LogP contribution in [0, 0.1) is 0 Å². The zero-order chi connectivity index (χ0) is 15.8. The van der Waals surface area contributed by atoms with Crippen LogP contribution < -0.4 is 11.5 Å². The Balaban J connectivity index is 2.77. The molecule has 112 valence electrons. The van der Waals surface area contributed by atoms with E-state index in [1.165, 1.54) is 12.1 Å². The molecule has 0 fully saturated rings. The molecule has 1 amide bonds. The molecule has 0 radical (unpaired) electrons. The van der Waals surface area contributed by atoms with Gasteiger partial charge in [-0.05, 0) is 0 Å². The Kier molecular flexibility index (Phi) is 3.64. The largest absolute Gasteiger partial charge is 0.382 e. The summed E-state index contributed by atoms with van der Waals surface area (Å²) in [6, 6.07) is 7.87. The number of hydrogen-bond donors (Lipinski definition) is 2. The number of rotatable bonds is 4. The van der Waals surface area contributed by atoms with Gasteiger partial charge in [0.15, 0.2) is 5.82 Å². The van der Waals surface area contributed by atoms with Gasteiger partial charge in [0.2, 0.25) is 0 Å². The lowest BCUT2D eigenvalue weighted by Gasteiger charge is -2.04. The molecule has 10 heteroatoms. The second-order valence-electron chi connectivity index (χ2n) is 3.99. The van der Waals surface area contributed by atoms with E-state index in [9.17, 15) is 22.0 Å². The molecule has 0 saturated carbocycles. The number of nitrogens with two attached hydrogens (primary N) is 2. The molecule has 0 bridgehead atoms. The third-order valence-corrected chi connectivity index (χ3v) is 3.86. The fourth-order valence-corrected chi connectivity index (χ4v) is 2.43. The summed E-state index contributed by atoms with van der Waals surface area (Å²) in [5, 5.41) is 3.52. The number of halogens is 2. The molecular formula is C11H10F2N4O3S. The number of alkyl halides is 2. The Hall–Kier alpha value is -2.49. The molecule has 21 heavy (non-hydrogen) atoms. The minimum absolute atomic E-state index is 0.0694. The highest BCUT2D eigenvalue weighted by Crippen LogP contribution is 2.28. The van der Waals surface area contributed by atoms with Crippen LogP contribution in [0.3, 0.4) is 0 Å². The molecular weight excluding hydrogens is 306 g/mol. The lowest BCUT2D eigenvalue weighted by molar-refractivity contribution is 0.100. The smallest absolute Gasteiger partial charge is 0.357 e. The van der Waals surface area contributed by atoms with Gasteiger partial charge in [-0.15, -0.1) is 4.09 Å². The van der Waals surface area contributed by atoms with Crippen molar-refractivity contribution < 1.29 is 22.0 Å². The molecule has 1 aromatic heterocycles. The van der Waals surface area contributed by atoms with Gasteiger partial charge >= 0.3 is 15.8 Å². The number of nitrogens with zero attached hydrogens (tertiary/aromatic N) is 2. The summed E-state index contributed by atoms with van der Waals surface area (Å²) in [5.41, 5.74) is 10.3. The average Bonchev–Trinajstić information content (AvgIpc) is 2.78. The van der Waals surface area contributed by atoms with Gasteiger partial charge in [-0.25, -0.2) is 0 Å². The highest BCUT2D eigenvalue weighted by Gasteiger charge is 2.33. The number of nitrogen functional groups attached to an aromatic ring is 1. The van der Waals surface area contributed by atoms with Crippen molar-refractivity contribution in [2.75, 3.05) is 5.73 Å². The van der Waals surface area contributed by atoms with Gasteiger partial charge in [-0.3, -0.25) is 4.79 Å². The highest BCUT2D eigenvalue weighted by atomic mass is 32.2. The van der Waals surface area contributed by atoms with Crippen LogP contribution in [0.15, 0.2) is 30.3 Å². The lowest BCUT2D eigenvalue weighted by Crippen LogP contribution is -2.24. The summed E-state index contributed by atoms with van der Waals surface area (Å²) >= 11 is 0. The maximum Gasteiger partial charge on any atom is 0.357 e. The molecule has 7 nitrogen and oxygen atoms in total. The summed E-state index contributed by atoms with van der Waals surface area (Å²) < 4.78 is 48.1. The van der Waals surface area contributed by atoms with Gasteiger partial charge in [-0.2, -0.15) is 22.3 Å². The van der Waals surface area contributed by atoms with E-state index in [2.05, 4.69) is 5.10 Å². The van der Waals surface area contributed by atoms with Crippen LogP contribution in [-0.2, 0) is 10.0 Å². The first-order chi connectivity index (χ1) is 9.76. The minimum atomic E-state index is -5.11. The van der Waals surface area contributed by atoms with Crippen molar-refractivity contribution >= 4 is 21.7 Å². The Labute approximate surface area is 118 Å². The summed E-state index contributed by atoms with van der Waals surface area (Å²) in [6.07, 6.45) is 0. The first kappa shape index (κ1) is 14.9. The molecule has 0 unspecified atom stereocenters. The Bertz CT molecular complexity index is 787. The van der Waals surface area contributed by atoms with E-state index < -0.39 is 33.1 Å². The van der Waals surface area contributed by atoms with Gasteiger partial charge in [0.25, 0.3) is 5.91 Å².